The van der Waals surface area contributed by atoms with Crippen LogP contribution >= 0.6 is 0 Å². The number of fused-ring (bicyclic) bond motifs is 1. The molecule has 3 nitrogen and oxygen atoms in total. The molecule has 0 aliphatic carbocycles. The number of allylic oxidation sites excluding steroid dienone is 6. The highest BCUT2D eigenvalue weighted by Crippen LogP contribution is 2.39. The fourth-order valence-corrected chi connectivity index (χ4v) is 7.48. The van der Waals surface area contributed by atoms with Crippen molar-refractivity contribution < 1.29 is 0 Å². The van der Waals surface area contributed by atoms with E-state index in [4.69, 9.17) is 10.7 Å². The van der Waals surface area contributed by atoms with Crippen LogP contribution in [0.4, 0.5) is 0 Å². The number of nitrogens with two attached hydrogens (primary N) is 1. The van der Waals surface area contributed by atoms with Crippen LogP contribution in [-0.2, 0) is 0 Å². The predicted octanol–water partition coefficient (Wildman–Crippen LogP) is 13.2. The Bertz CT molecular complexity index is 2530. The zero-order chi connectivity index (χ0) is 39.4. The summed E-state index contributed by atoms with van der Waals surface area (Å²) >= 11 is 0. The molecule has 1 aliphatic rings. The molecule has 8 rings (SSSR count). The molecule has 0 radical (unpaired) electrons. The van der Waals surface area contributed by atoms with Crippen molar-refractivity contribution >= 4 is 27.8 Å². The Kier molecular flexibility index (Phi) is 12.6. The first-order valence-corrected chi connectivity index (χ1v) is 19.6. The van der Waals surface area contributed by atoms with Gasteiger partial charge in [0.15, 0.2) is 0 Å². The van der Waals surface area contributed by atoms with Crippen LogP contribution < -0.4 is 5.73 Å². The highest BCUT2D eigenvalue weighted by Gasteiger charge is 2.24. The van der Waals surface area contributed by atoms with Crippen molar-refractivity contribution in [1.82, 2.24) is 4.90 Å². The van der Waals surface area contributed by atoms with Gasteiger partial charge in [0, 0.05) is 23.9 Å². The zero-order valence-electron chi connectivity index (χ0n) is 33.0. The topological polar surface area (TPSA) is 41.6 Å². The zero-order valence-corrected chi connectivity index (χ0v) is 33.0. The van der Waals surface area contributed by atoms with E-state index in [0.29, 0.717) is 0 Å². The number of nitrogens with zero attached hydrogens (tertiary/aromatic N) is 2. The van der Waals surface area contributed by atoms with Crippen molar-refractivity contribution in [2.45, 2.75) is 19.9 Å². The van der Waals surface area contributed by atoms with Gasteiger partial charge in [0.2, 0.25) is 0 Å². The monoisotopic (exact) mass is 739 g/mol. The second-order valence-electron chi connectivity index (χ2n) is 14.0. The van der Waals surface area contributed by atoms with E-state index in [9.17, 15) is 0 Å². The summed E-state index contributed by atoms with van der Waals surface area (Å²) in [5, 5.41) is 2.40. The van der Waals surface area contributed by atoms with Crippen LogP contribution in [0.2, 0.25) is 0 Å². The molecule has 280 valence electrons. The molecule has 3 heteroatoms. The van der Waals surface area contributed by atoms with E-state index in [-0.39, 0.29) is 12.7 Å². The second-order valence-corrected chi connectivity index (χ2v) is 14.0. The van der Waals surface area contributed by atoms with Gasteiger partial charge in [0.05, 0.1) is 18.4 Å². The van der Waals surface area contributed by atoms with Gasteiger partial charge < -0.3 is 10.6 Å². The minimum atomic E-state index is 0.128. The standard InChI is InChI=1S/C48H39N3.C6H10/c1-51-45(38-16-7-3-8-17-38)31-42(34-13-5-2-6-14-34)32-46(51)39-25-21-35(22-26-39)36-23-27-41(28-24-36)48(50-33-49)44-30-29-37-15-11-12-20-43(37)47(44)40-18-9-4-10-19-40;1-3-5-6-4-2/h2-32,45H,33,49H2,1H3;3-6H,1-2H3/b50-48-;5-3-,6-4-. The lowest BCUT2D eigenvalue weighted by atomic mass is 9.88. The number of aliphatic imine (C=N–C) groups is 1. The van der Waals surface area contributed by atoms with Crippen LogP contribution in [0.3, 0.4) is 0 Å². The van der Waals surface area contributed by atoms with Crippen molar-refractivity contribution in [3.63, 3.8) is 0 Å². The number of rotatable bonds is 9. The molecule has 0 amide bonds. The molecule has 1 unspecified atom stereocenters. The molecule has 0 fully saturated rings. The van der Waals surface area contributed by atoms with E-state index in [1.165, 1.54) is 44.3 Å². The molecular weight excluding hydrogens is 691 g/mol. The van der Waals surface area contributed by atoms with Gasteiger partial charge in [-0.25, -0.2) is 0 Å². The molecule has 0 saturated heterocycles. The second kappa shape index (κ2) is 18.7. The summed E-state index contributed by atoms with van der Waals surface area (Å²) in [6.07, 6.45) is 12.7. The quantitative estimate of drug-likeness (QED) is 0.118. The highest BCUT2D eigenvalue weighted by atomic mass is 15.1. The molecule has 2 N–H and O–H groups in total. The molecule has 7 aromatic carbocycles. The van der Waals surface area contributed by atoms with Crippen molar-refractivity contribution in [3.8, 4) is 22.3 Å². The summed E-state index contributed by atoms with van der Waals surface area (Å²) in [4.78, 5) is 7.24. The Hall–Kier alpha value is -6.81. The van der Waals surface area contributed by atoms with Crippen LogP contribution in [0.5, 0.6) is 0 Å². The van der Waals surface area contributed by atoms with Crippen molar-refractivity contribution in [3.05, 3.63) is 240 Å². The van der Waals surface area contributed by atoms with Crippen LogP contribution in [0.25, 0.3) is 44.3 Å². The lowest BCUT2D eigenvalue weighted by Crippen LogP contribution is -2.24. The molecule has 0 bridgehead atoms. The van der Waals surface area contributed by atoms with Gasteiger partial charge in [-0.3, -0.25) is 4.99 Å². The van der Waals surface area contributed by atoms with Gasteiger partial charge in [-0.1, -0.05) is 200 Å². The van der Waals surface area contributed by atoms with Crippen molar-refractivity contribution in [2.24, 2.45) is 10.7 Å². The third-order valence-corrected chi connectivity index (χ3v) is 10.3. The number of hydrogen-bond donors (Lipinski definition) is 1. The van der Waals surface area contributed by atoms with Crippen molar-refractivity contribution in [1.29, 1.82) is 0 Å². The van der Waals surface area contributed by atoms with Gasteiger partial charge in [-0.2, -0.15) is 0 Å². The number of benzene rings is 7. The molecule has 0 spiro atoms. The predicted molar refractivity (Wildman–Crippen MR) is 245 cm³/mol. The fourth-order valence-electron chi connectivity index (χ4n) is 7.48. The number of likely N-dealkylation sites (N-methyl/N-ethyl adjacent to an activating group) is 1. The Morgan fingerprint density at radius 2 is 1.12 bits per heavy atom. The molecule has 1 aliphatic heterocycles. The molecular formula is C54H49N3. The number of hydrogen-bond acceptors (Lipinski definition) is 3. The maximum atomic E-state index is 6.10. The van der Waals surface area contributed by atoms with Crippen LogP contribution in [-0.4, -0.2) is 24.3 Å². The maximum Gasteiger partial charge on any atom is 0.0867 e. The largest absolute Gasteiger partial charge is 0.364 e. The van der Waals surface area contributed by atoms with E-state index in [2.05, 4.69) is 200 Å². The molecule has 57 heavy (non-hydrogen) atoms. The smallest absolute Gasteiger partial charge is 0.0867 e. The lowest BCUT2D eigenvalue weighted by molar-refractivity contribution is 0.413. The summed E-state index contributed by atoms with van der Waals surface area (Å²) in [6, 6.07) is 62.6. The minimum absolute atomic E-state index is 0.128. The van der Waals surface area contributed by atoms with E-state index >= 15 is 0 Å². The summed E-state index contributed by atoms with van der Waals surface area (Å²) in [5.41, 5.74) is 19.8. The van der Waals surface area contributed by atoms with Gasteiger partial charge in [-0.05, 0) is 81.3 Å². The minimum Gasteiger partial charge on any atom is -0.364 e. The average molecular weight is 740 g/mol. The molecule has 7 aromatic rings. The van der Waals surface area contributed by atoms with Gasteiger partial charge in [0.1, 0.15) is 0 Å². The van der Waals surface area contributed by atoms with E-state index < -0.39 is 0 Å². The SMILES string of the molecule is C/C=C\C=C/C.CN1C(c2ccc(-c3ccc(/C(=N/CN)c4ccc5ccccc5c4-c4ccccc4)cc3)cc2)=CC(c2ccccc2)=CC1c1ccccc1. The van der Waals surface area contributed by atoms with Gasteiger partial charge in [0.25, 0.3) is 0 Å². The molecule has 1 atom stereocenters. The summed E-state index contributed by atoms with van der Waals surface area (Å²) in [7, 11) is 2.19. The first-order valence-electron chi connectivity index (χ1n) is 19.6. The Balaban J connectivity index is 0.000000769. The Morgan fingerprint density at radius 1 is 0.579 bits per heavy atom. The lowest BCUT2D eigenvalue weighted by Gasteiger charge is -2.35. The van der Waals surface area contributed by atoms with E-state index in [1.54, 1.807) is 0 Å². The highest BCUT2D eigenvalue weighted by molar-refractivity contribution is 6.20. The Labute approximate surface area is 338 Å². The first-order chi connectivity index (χ1) is 28.1. The summed E-state index contributed by atoms with van der Waals surface area (Å²) in [5.74, 6) is 0. The summed E-state index contributed by atoms with van der Waals surface area (Å²) < 4.78 is 0. The van der Waals surface area contributed by atoms with E-state index in [1.807, 2.05) is 38.2 Å². The maximum absolute atomic E-state index is 6.10. The van der Waals surface area contributed by atoms with Crippen LogP contribution in [0.1, 0.15) is 47.7 Å². The van der Waals surface area contributed by atoms with E-state index in [0.717, 1.165) is 33.5 Å². The normalized spacial score (nSPS) is 14.4. The molecule has 1 heterocycles. The van der Waals surface area contributed by atoms with Gasteiger partial charge >= 0.3 is 0 Å². The third-order valence-electron chi connectivity index (χ3n) is 10.3. The third kappa shape index (κ3) is 8.86. The molecule has 0 aromatic heterocycles. The average Bonchev–Trinajstić information content (AvgIpc) is 3.28. The van der Waals surface area contributed by atoms with Gasteiger partial charge in [-0.15, -0.1) is 0 Å². The van der Waals surface area contributed by atoms with Crippen LogP contribution in [0.15, 0.2) is 217 Å². The van der Waals surface area contributed by atoms with Crippen molar-refractivity contribution in [2.75, 3.05) is 13.7 Å². The first kappa shape index (κ1) is 38.5. The van der Waals surface area contributed by atoms with Crippen LogP contribution in [0, 0.1) is 0 Å². The summed E-state index contributed by atoms with van der Waals surface area (Å²) in [6.45, 7) is 4.20. The molecule has 0 saturated carbocycles. The Morgan fingerprint density at radius 3 is 1.74 bits per heavy atom. The fraction of sp³-hybridized carbons (Fsp3) is 0.0926.